The third-order valence-electron chi connectivity index (χ3n) is 6.88. The summed E-state index contributed by atoms with van der Waals surface area (Å²) in [5.74, 6) is -0.421. The summed E-state index contributed by atoms with van der Waals surface area (Å²) in [6, 6.07) is 8.75. The van der Waals surface area contributed by atoms with Crippen molar-refractivity contribution in [2.75, 3.05) is 19.9 Å². The molecule has 0 radical (unpaired) electrons. The molecule has 0 spiro atoms. The van der Waals surface area contributed by atoms with E-state index in [1.54, 1.807) is 40.2 Å². The summed E-state index contributed by atoms with van der Waals surface area (Å²) >= 11 is 0. The highest BCUT2D eigenvalue weighted by molar-refractivity contribution is 7.64. The van der Waals surface area contributed by atoms with Gasteiger partial charge in [-0.15, -0.1) is 0 Å². The van der Waals surface area contributed by atoms with Crippen LogP contribution in [0.1, 0.15) is 45.6 Å². The van der Waals surface area contributed by atoms with Gasteiger partial charge < -0.3 is 19.5 Å². The monoisotopic (exact) mass is 488 g/mol. The minimum absolute atomic E-state index is 0.0492. The van der Waals surface area contributed by atoms with Gasteiger partial charge in [0.25, 0.3) is 0 Å². The molecule has 3 atom stereocenters. The minimum Gasteiger partial charge on any atom is -0.444 e. The number of carbonyl (C=O) groups is 2. The molecule has 0 aromatic heterocycles. The van der Waals surface area contributed by atoms with Crippen LogP contribution in [0, 0.1) is 5.92 Å². The van der Waals surface area contributed by atoms with Crippen LogP contribution in [-0.2, 0) is 14.1 Å². The van der Waals surface area contributed by atoms with E-state index in [0.717, 1.165) is 24.0 Å². The highest BCUT2D eigenvalue weighted by atomic mass is 31.2. The molecule has 1 aromatic rings. The fraction of sp³-hybridized carbons (Fsp3) is 0.538. The van der Waals surface area contributed by atoms with Crippen molar-refractivity contribution in [3.63, 3.8) is 0 Å². The summed E-state index contributed by atoms with van der Waals surface area (Å²) in [7, 11) is -3.01. The maximum atomic E-state index is 16.7. The Balaban J connectivity index is 1.68. The molecular formula is C26H34FN2O4P. The van der Waals surface area contributed by atoms with E-state index in [1.807, 2.05) is 36.4 Å². The molecule has 3 aliphatic rings. The number of alkyl carbamates (subject to hydrolysis) is 1. The zero-order valence-corrected chi connectivity index (χ0v) is 21.4. The van der Waals surface area contributed by atoms with Gasteiger partial charge in [-0.2, -0.15) is 0 Å². The number of rotatable bonds is 5. The molecular weight excluding hydrogens is 454 g/mol. The van der Waals surface area contributed by atoms with E-state index in [4.69, 9.17) is 4.74 Å². The Hall–Kier alpha value is -2.40. The normalized spacial score (nSPS) is 27.8. The van der Waals surface area contributed by atoms with Gasteiger partial charge in [0.15, 0.2) is 6.17 Å². The molecule has 0 bridgehead atoms. The van der Waals surface area contributed by atoms with Crippen LogP contribution in [0.2, 0.25) is 0 Å². The van der Waals surface area contributed by atoms with Gasteiger partial charge in [0, 0.05) is 6.54 Å². The quantitative estimate of drug-likeness (QED) is 0.578. The molecule has 1 aromatic carbocycles. The van der Waals surface area contributed by atoms with Crippen molar-refractivity contribution in [2.45, 2.75) is 63.0 Å². The van der Waals surface area contributed by atoms with Gasteiger partial charge in [0.1, 0.15) is 11.6 Å². The van der Waals surface area contributed by atoms with Crippen LogP contribution < -0.4 is 5.32 Å². The van der Waals surface area contributed by atoms with Crippen LogP contribution in [0.5, 0.6) is 0 Å². The van der Waals surface area contributed by atoms with Crippen molar-refractivity contribution in [1.82, 2.24) is 10.2 Å². The first kappa shape index (κ1) is 24.7. The largest absolute Gasteiger partial charge is 0.444 e. The number of likely N-dealkylation sites (tertiary alicyclic amines) is 1. The van der Waals surface area contributed by atoms with E-state index < -0.39 is 36.2 Å². The minimum atomic E-state index is -3.01. The number of hydrogen-bond donors (Lipinski definition) is 1. The molecule has 2 aliphatic carbocycles. The Morgan fingerprint density at radius 2 is 1.79 bits per heavy atom. The lowest BCUT2D eigenvalue weighted by atomic mass is 9.79. The average Bonchev–Trinajstić information content (AvgIpc) is 3.51. The second kappa shape index (κ2) is 8.67. The number of carbonyl (C=O) groups excluding carboxylic acids is 2. The third-order valence-corrected chi connectivity index (χ3v) is 9.50. The lowest BCUT2D eigenvalue weighted by Gasteiger charge is -2.46. The summed E-state index contributed by atoms with van der Waals surface area (Å²) in [6.07, 6.45) is 3.19. The zero-order chi connectivity index (χ0) is 24.9. The third kappa shape index (κ3) is 4.35. The van der Waals surface area contributed by atoms with Crippen molar-refractivity contribution in [3.05, 3.63) is 53.7 Å². The number of allylic oxidation sites excluding steroid dienone is 4. The summed E-state index contributed by atoms with van der Waals surface area (Å²) in [5.41, 5.74) is 1.14. The van der Waals surface area contributed by atoms with Gasteiger partial charge in [0.2, 0.25) is 5.91 Å². The molecule has 34 heavy (non-hydrogen) atoms. The van der Waals surface area contributed by atoms with Crippen molar-refractivity contribution in [1.29, 1.82) is 0 Å². The van der Waals surface area contributed by atoms with Crippen molar-refractivity contribution < 1.29 is 23.3 Å². The number of alkyl halides is 1. The molecule has 4 rings (SSSR count). The molecule has 3 unspecified atom stereocenters. The number of benzene rings is 1. The maximum Gasteiger partial charge on any atom is 0.408 e. The topological polar surface area (TPSA) is 75.7 Å². The molecule has 2 amide bonds. The smallest absolute Gasteiger partial charge is 0.408 e. The highest BCUT2D eigenvalue weighted by Crippen LogP contribution is 2.70. The molecule has 1 saturated heterocycles. The predicted molar refractivity (Wildman–Crippen MR) is 132 cm³/mol. The van der Waals surface area contributed by atoms with E-state index in [1.165, 1.54) is 4.90 Å². The predicted octanol–water partition coefficient (Wildman–Crippen LogP) is 5.20. The van der Waals surface area contributed by atoms with Gasteiger partial charge in [-0.3, -0.25) is 4.79 Å². The number of halogens is 1. The summed E-state index contributed by atoms with van der Waals surface area (Å²) in [6.45, 7) is 8.85. The molecule has 1 aliphatic heterocycles. The van der Waals surface area contributed by atoms with Crippen molar-refractivity contribution in [2.24, 2.45) is 5.92 Å². The Morgan fingerprint density at radius 3 is 2.35 bits per heavy atom. The molecule has 1 saturated carbocycles. The van der Waals surface area contributed by atoms with Gasteiger partial charge in [-0.25, -0.2) is 9.18 Å². The average molecular weight is 489 g/mol. The lowest BCUT2D eigenvalue weighted by molar-refractivity contribution is -0.128. The Morgan fingerprint density at radius 1 is 1.15 bits per heavy atom. The Labute approximate surface area is 201 Å². The molecule has 2 fully saturated rings. The zero-order valence-electron chi connectivity index (χ0n) is 20.5. The van der Waals surface area contributed by atoms with Crippen LogP contribution in [0.25, 0.3) is 5.57 Å². The van der Waals surface area contributed by atoms with Crippen molar-refractivity contribution >= 4 is 24.7 Å². The van der Waals surface area contributed by atoms with E-state index in [2.05, 4.69) is 5.32 Å². The molecule has 1 heterocycles. The standard InChI is InChI=1S/C26H34FN2O4P/c1-25(2,3)33-24(31)28-20-15-16-29(23(20)30)21-14-13-19(17-9-7-6-8-10-17)26(22(21)27,18-11-12-18)34(4,5)32/h6-10,13-14,18,20,22H,11-12,15-16H2,1-5H3,(H,28,31). The maximum absolute atomic E-state index is 16.7. The number of ether oxygens (including phenoxy) is 1. The van der Waals surface area contributed by atoms with E-state index >= 15 is 4.39 Å². The lowest BCUT2D eigenvalue weighted by Crippen LogP contribution is -2.50. The Bertz CT molecular complexity index is 1080. The van der Waals surface area contributed by atoms with Crippen LogP contribution >= 0.6 is 7.14 Å². The number of nitrogens with one attached hydrogen (secondary N) is 1. The fourth-order valence-electron chi connectivity index (χ4n) is 5.39. The first-order chi connectivity index (χ1) is 15.9. The number of hydrogen-bond acceptors (Lipinski definition) is 4. The fourth-order valence-corrected chi connectivity index (χ4v) is 7.99. The Kier molecular flexibility index (Phi) is 6.30. The van der Waals surface area contributed by atoms with Crippen LogP contribution in [-0.4, -0.2) is 59.7 Å². The number of amides is 2. The first-order valence-electron chi connectivity index (χ1n) is 11.8. The molecule has 1 N–H and O–H groups in total. The van der Waals surface area contributed by atoms with Crippen LogP contribution in [0.3, 0.4) is 0 Å². The second-order valence-electron chi connectivity index (χ2n) is 10.8. The SMILES string of the molecule is CC(C)(C)OC(=O)NC1CCN(C2=CC=C(c3ccccc3)C(C3CC3)(P(C)(C)=O)C2F)C1=O. The van der Waals surface area contributed by atoms with Gasteiger partial charge in [-0.1, -0.05) is 36.4 Å². The first-order valence-corrected chi connectivity index (χ1v) is 14.4. The van der Waals surface area contributed by atoms with Gasteiger partial charge in [0.05, 0.1) is 18.0 Å². The van der Waals surface area contributed by atoms with Gasteiger partial charge >= 0.3 is 6.09 Å². The van der Waals surface area contributed by atoms with Gasteiger partial charge in [-0.05, 0) is 76.5 Å². The summed E-state index contributed by atoms with van der Waals surface area (Å²) in [4.78, 5) is 26.8. The second-order valence-corrected chi connectivity index (χ2v) is 14.3. The summed E-state index contributed by atoms with van der Waals surface area (Å²) < 4.78 is 35.9. The highest BCUT2D eigenvalue weighted by Gasteiger charge is 2.63. The van der Waals surface area contributed by atoms with E-state index in [-0.39, 0.29) is 24.1 Å². The van der Waals surface area contributed by atoms with Crippen LogP contribution in [0.4, 0.5) is 9.18 Å². The summed E-state index contributed by atoms with van der Waals surface area (Å²) in [5, 5.41) is 1.43. The van der Waals surface area contributed by atoms with E-state index in [9.17, 15) is 14.2 Å². The molecule has 184 valence electrons. The van der Waals surface area contributed by atoms with E-state index in [0.29, 0.717) is 6.42 Å². The molecule has 6 nitrogen and oxygen atoms in total. The van der Waals surface area contributed by atoms with Crippen molar-refractivity contribution in [3.8, 4) is 0 Å². The van der Waals surface area contributed by atoms with Crippen LogP contribution in [0.15, 0.2) is 48.2 Å². The number of nitrogens with zero attached hydrogens (tertiary/aromatic N) is 1. The molecule has 8 heteroatoms.